The molecule has 4 nitrogen and oxygen atoms in total. The monoisotopic (exact) mass is 229 g/mol. The van der Waals surface area contributed by atoms with Crippen LogP contribution in [0.4, 0.5) is 0 Å². The first-order valence-corrected chi connectivity index (χ1v) is 5.17. The molecule has 86 valence electrons. The van der Waals surface area contributed by atoms with Gasteiger partial charge in [0.25, 0.3) is 11.8 Å². The number of carbonyl (C=O) groups excluding carboxylic acids is 2. The molecule has 0 aromatic heterocycles. The normalized spacial score (nSPS) is 15.8. The van der Waals surface area contributed by atoms with E-state index in [2.05, 4.69) is 5.32 Å². The van der Waals surface area contributed by atoms with Crippen molar-refractivity contribution in [2.45, 2.75) is 6.42 Å². The Balaban J connectivity index is 2.48. The highest BCUT2D eigenvalue weighted by Crippen LogP contribution is 2.25. The summed E-state index contributed by atoms with van der Waals surface area (Å²) in [4.78, 5) is 23.3. The largest absolute Gasteiger partial charge is 0.516 e. The van der Waals surface area contributed by atoms with E-state index in [0.29, 0.717) is 16.7 Å². The van der Waals surface area contributed by atoms with Crippen LogP contribution in [-0.2, 0) is 9.59 Å². The molecule has 2 amide bonds. The van der Waals surface area contributed by atoms with E-state index in [9.17, 15) is 9.59 Å². The van der Waals surface area contributed by atoms with Gasteiger partial charge in [0, 0.05) is 5.57 Å². The van der Waals surface area contributed by atoms with Crippen LogP contribution in [-0.4, -0.2) is 16.9 Å². The average Bonchev–Trinajstić information content (AvgIpc) is 2.62. The maximum atomic E-state index is 11.7. The lowest BCUT2D eigenvalue weighted by Gasteiger charge is -2.01. The van der Waals surface area contributed by atoms with Gasteiger partial charge in [-0.25, -0.2) is 0 Å². The zero-order valence-electron chi connectivity index (χ0n) is 9.01. The molecule has 1 aromatic carbocycles. The van der Waals surface area contributed by atoms with Gasteiger partial charge in [-0.15, -0.1) is 0 Å². The summed E-state index contributed by atoms with van der Waals surface area (Å²) in [5.41, 5.74) is 1.47. The Labute approximate surface area is 98.3 Å². The minimum Gasteiger partial charge on any atom is -0.516 e. The summed E-state index contributed by atoms with van der Waals surface area (Å²) in [7, 11) is 0. The first-order chi connectivity index (χ1) is 8.24. The van der Waals surface area contributed by atoms with Crippen LogP contribution in [0.15, 0.2) is 48.2 Å². The van der Waals surface area contributed by atoms with Crippen molar-refractivity contribution in [3.05, 3.63) is 53.8 Å². The van der Waals surface area contributed by atoms with Crippen molar-refractivity contribution in [3.8, 4) is 0 Å². The second-order valence-electron chi connectivity index (χ2n) is 3.59. The Morgan fingerprint density at radius 3 is 2.47 bits per heavy atom. The minimum atomic E-state index is -0.396. The topological polar surface area (TPSA) is 66.4 Å². The van der Waals surface area contributed by atoms with Crippen LogP contribution in [0.25, 0.3) is 5.57 Å². The van der Waals surface area contributed by atoms with Crippen LogP contribution >= 0.6 is 0 Å². The standard InChI is InChI=1S/C13H11NO3/c15-8-4-7-10-11(13(17)14-12(10)16)9-5-2-1-3-6-9/h1-6,8,15H,7H2,(H,14,16,17). The molecule has 0 saturated carbocycles. The fourth-order valence-electron chi connectivity index (χ4n) is 1.77. The molecule has 0 bridgehead atoms. The Kier molecular flexibility index (Phi) is 3.05. The summed E-state index contributed by atoms with van der Waals surface area (Å²) in [6.07, 6.45) is 2.53. The third kappa shape index (κ3) is 2.10. The molecular formula is C13H11NO3. The predicted octanol–water partition coefficient (Wildman–Crippen LogP) is 1.56. The lowest BCUT2D eigenvalue weighted by molar-refractivity contribution is -0.123. The Morgan fingerprint density at radius 1 is 1.12 bits per heavy atom. The van der Waals surface area contributed by atoms with Crippen molar-refractivity contribution >= 4 is 17.4 Å². The van der Waals surface area contributed by atoms with E-state index in [1.165, 1.54) is 6.08 Å². The zero-order chi connectivity index (χ0) is 12.3. The predicted molar refractivity (Wildman–Crippen MR) is 62.9 cm³/mol. The third-order valence-electron chi connectivity index (χ3n) is 2.52. The molecule has 2 rings (SSSR count). The third-order valence-corrected chi connectivity index (χ3v) is 2.52. The van der Waals surface area contributed by atoms with Gasteiger partial charge in [-0.3, -0.25) is 14.9 Å². The maximum absolute atomic E-state index is 11.7. The van der Waals surface area contributed by atoms with Gasteiger partial charge in [-0.2, -0.15) is 0 Å². The number of carbonyl (C=O) groups is 2. The van der Waals surface area contributed by atoms with E-state index in [-0.39, 0.29) is 12.3 Å². The summed E-state index contributed by atoms with van der Waals surface area (Å²) in [5, 5.41) is 10.9. The quantitative estimate of drug-likeness (QED) is 0.610. The number of aliphatic hydroxyl groups excluding tert-OH is 1. The van der Waals surface area contributed by atoms with Crippen LogP contribution in [0, 0.1) is 0 Å². The van der Waals surface area contributed by atoms with Crippen LogP contribution in [0.2, 0.25) is 0 Å². The molecule has 0 unspecified atom stereocenters. The van der Waals surface area contributed by atoms with Crippen molar-refractivity contribution in [1.29, 1.82) is 0 Å². The van der Waals surface area contributed by atoms with Crippen molar-refractivity contribution in [2.75, 3.05) is 0 Å². The molecule has 0 radical (unpaired) electrons. The van der Waals surface area contributed by atoms with Crippen molar-refractivity contribution < 1.29 is 14.7 Å². The molecule has 1 aromatic rings. The van der Waals surface area contributed by atoms with Gasteiger partial charge in [-0.1, -0.05) is 30.3 Å². The Hall–Kier alpha value is -2.36. The SMILES string of the molecule is O=C1NC(=O)C(c2ccccc2)=C1CC=CO. The summed E-state index contributed by atoms with van der Waals surface area (Å²) in [5.74, 6) is -0.783. The highest BCUT2D eigenvalue weighted by atomic mass is 16.2. The fraction of sp³-hybridized carbons (Fsp3) is 0.0769. The maximum Gasteiger partial charge on any atom is 0.259 e. The molecule has 0 fully saturated rings. The lowest BCUT2D eigenvalue weighted by atomic mass is 10.00. The smallest absolute Gasteiger partial charge is 0.259 e. The summed E-state index contributed by atoms with van der Waals surface area (Å²) in [6, 6.07) is 8.99. The Bertz CT molecular complexity index is 515. The van der Waals surface area contributed by atoms with Gasteiger partial charge < -0.3 is 5.11 Å². The first-order valence-electron chi connectivity index (χ1n) is 5.17. The molecule has 2 N–H and O–H groups in total. The van der Waals surface area contributed by atoms with Crippen LogP contribution in [0.5, 0.6) is 0 Å². The molecule has 0 saturated heterocycles. The van der Waals surface area contributed by atoms with Gasteiger partial charge in [-0.05, 0) is 18.1 Å². The zero-order valence-corrected chi connectivity index (χ0v) is 9.01. The highest BCUT2D eigenvalue weighted by Gasteiger charge is 2.29. The number of nitrogens with one attached hydrogen (secondary N) is 1. The summed E-state index contributed by atoms with van der Waals surface area (Å²) >= 11 is 0. The molecule has 0 atom stereocenters. The second kappa shape index (κ2) is 4.65. The number of aliphatic hydroxyl groups is 1. The van der Waals surface area contributed by atoms with Gasteiger partial charge in [0.15, 0.2) is 0 Å². The number of hydrogen-bond donors (Lipinski definition) is 2. The van der Waals surface area contributed by atoms with E-state index >= 15 is 0 Å². The highest BCUT2D eigenvalue weighted by molar-refractivity contribution is 6.36. The minimum absolute atomic E-state index is 0.234. The van der Waals surface area contributed by atoms with Crippen molar-refractivity contribution in [3.63, 3.8) is 0 Å². The molecular weight excluding hydrogens is 218 g/mol. The summed E-state index contributed by atoms with van der Waals surface area (Å²) < 4.78 is 0. The van der Waals surface area contributed by atoms with E-state index in [4.69, 9.17) is 5.11 Å². The van der Waals surface area contributed by atoms with E-state index in [1.807, 2.05) is 6.07 Å². The number of rotatable bonds is 3. The van der Waals surface area contributed by atoms with Gasteiger partial charge >= 0.3 is 0 Å². The molecule has 1 aliphatic rings. The van der Waals surface area contributed by atoms with Gasteiger partial charge in [0.2, 0.25) is 0 Å². The van der Waals surface area contributed by atoms with Gasteiger partial charge in [0.05, 0.1) is 11.8 Å². The number of hydrogen-bond acceptors (Lipinski definition) is 3. The first kappa shape index (κ1) is 11.1. The van der Waals surface area contributed by atoms with E-state index in [0.717, 1.165) is 6.26 Å². The molecule has 0 spiro atoms. The molecule has 17 heavy (non-hydrogen) atoms. The van der Waals surface area contributed by atoms with Crippen LogP contribution < -0.4 is 5.32 Å². The molecule has 4 heteroatoms. The van der Waals surface area contributed by atoms with Gasteiger partial charge in [0.1, 0.15) is 0 Å². The van der Waals surface area contributed by atoms with Crippen molar-refractivity contribution in [1.82, 2.24) is 5.32 Å². The van der Waals surface area contributed by atoms with Crippen LogP contribution in [0.1, 0.15) is 12.0 Å². The summed E-state index contributed by atoms with van der Waals surface area (Å²) in [6.45, 7) is 0. The number of amides is 2. The molecule has 1 aliphatic heterocycles. The number of benzene rings is 1. The molecule has 1 heterocycles. The van der Waals surface area contributed by atoms with Crippen molar-refractivity contribution in [2.24, 2.45) is 0 Å². The second-order valence-corrected chi connectivity index (χ2v) is 3.59. The number of imide groups is 1. The lowest BCUT2D eigenvalue weighted by Crippen LogP contribution is -2.22. The van der Waals surface area contributed by atoms with Crippen LogP contribution in [0.3, 0.4) is 0 Å². The fourth-order valence-corrected chi connectivity index (χ4v) is 1.77. The van der Waals surface area contributed by atoms with E-state index < -0.39 is 5.91 Å². The molecule has 0 aliphatic carbocycles. The number of allylic oxidation sites excluding steroid dienone is 1. The van der Waals surface area contributed by atoms with E-state index in [1.54, 1.807) is 24.3 Å². The Morgan fingerprint density at radius 2 is 1.82 bits per heavy atom. The average molecular weight is 229 g/mol.